The average molecular weight is 431 g/mol. The van der Waals surface area contributed by atoms with Crippen LogP contribution >= 0.6 is 0 Å². The molecule has 3 aromatic carbocycles. The predicted octanol–water partition coefficient (Wildman–Crippen LogP) is 4.28. The highest BCUT2D eigenvalue weighted by Gasteiger charge is 2.18. The van der Waals surface area contributed by atoms with Gasteiger partial charge >= 0.3 is 0 Å². The van der Waals surface area contributed by atoms with Gasteiger partial charge in [0.25, 0.3) is 0 Å². The van der Waals surface area contributed by atoms with Crippen molar-refractivity contribution in [2.24, 2.45) is 0 Å². The summed E-state index contributed by atoms with van der Waals surface area (Å²) in [5.41, 5.74) is 2.87. The monoisotopic (exact) mass is 430 g/mol. The third kappa shape index (κ3) is 4.50. The van der Waals surface area contributed by atoms with Gasteiger partial charge < -0.3 is 19.1 Å². The lowest BCUT2D eigenvalue weighted by atomic mass is 10.0. The minimum absolute atomic E-state index is 0.0257. The third-order valence-electron chi connectivity index (χ3n) is 5.34. The summed E-state index contributed by atoms with van der Waals surface area (Å²) in [5.74, 6) is 1.72. The van der Waals surface area contributed by atoms with Crippen LogP contribution in [-0.2, 0) is 13.0 Å². The van der Waals surface area contributed by atoms with Crippen molar-refractivity contribution in [3.05, 3.63) is 89.7 Å². The maximum absolute atomic E-state index is 13.0. The SMILES string of the molecule is CCc1nc2ccccc2n1CC(O)COc1cc(OC)ccc1C(=O)c1ccccc1. The van der Waals surface area contributed by atoms with Gasteiger partial charge in [-0.2, -0.15) is 0 Å². The van der Waals surface area contributed by atoms with Crippen molar-refractivity contribution < 1.29 is 19.4 Å². The second kappa shape index (κ2) is 9.66. The van der Waals surface area contributed by atoms with Gasteiger partial charge in [0.2, 0.25) is 0 Å². The molecule has 0 aliphatic heterocycles. The molecule has 6 heteroatoms. The van der Waals surface area contributed by atoms with Crippen molar-refractivity contribution in [3.8, 4) is 11.5 Å². The number of imidazole rings is 1. The molecular formula is C26H26N2O4. The number of aromatic nitrogens is 2. The zero-order valence-corrected chi connectivity index (χ0v) is 18.2. The molecule has 1 unspecified atom stereocenters. The summed E-state index contributed by atoms with van der Waals surface area (Å²) in [6, 6.07) is 22.0. The van der Waals surface area contributed by atoms with Gasteiger partial charge in [-0.1, -0.05) is 49.4 Å². The fourth-order valence-electron chi connectivity index (χ4n) is 3.73. The number of carbonyl (C=O) groups is 1. The molecule has 0 spiro atoms. The van der Waals surface area contributed by atoms with E-state index in [1.54, 1.807) is 37.4 Å². The first-order valence-electron chi connectivity index (χ1n) is 10.6. The first-order chi connectivity index (χ1) is 15.6. The minimum atomic E-state index is -0.788. The summed E-state index contributed by atoms with van der Waals surface area (Å²) in [4.78, 5) is 17.6. The quantitative estimate of drug-likeness (QED) is 0.401. The molecule has 0 bridgehead atoms. The number of aliphatic hydroxyl groups is 1. The maximum Gasteiger partial charge on any atom is 0.196 e. The van der Waals surface area contributed by atoms with Crippen LogP contribution in [0.25, 0.3) is 11.0 Å². The Bertz CT molecular complexity index is 1220. The van der Waals surface area contributed by atoms with Crippen molar-refractivity contribution in [2.75, 3.05) is 13.7 Å². The van der Waals surface area contributed by atoms with E-state index < -0.39 is 6.10 Å². The standard InChI is InChI=1S/C26H26N2O4/c1-3-25-27-22-11-7-8-12-23(22)28(25)16-19(29)17-32-24-15-20(31-2)13-14-21(24)26(30)18-9-5-4-6-10-18/h4-15,19,29H,3,16-17H2,1-2H3. The highest BCUT2D eigenvalue weighted by Crippen LogP contribution is 2.27. The van der Waals surface area contributed by atoms with Gasteiger partial charge in [-0.15, -0.1) is 0 Å². The number of aryl methyl sites for hydroxylation is 1. The molecule has 1 N–H and O–H groups in total. The Morgan fingerprint density at radius 2 is 1.81 bits per heavy atom. The van der Waals surface area contributed by atoms with E-state index in [-0.39, 0.29) is 12.4 Å². The first-order valence-corrected chi connectivity index (χ1v) is 10.6. The molecular weight excluding hydrogens is 404 g/mol. The molecule has 1 aromatic heterocycles. The van der Waals surface area contributed by atoms with E-state index in [2.05, 4.69) is 4.98 Å². The van der Waals surface area contributed by atoms with Crippen LogP contribution in [0.5, 0.6) is 11.5 Å². The molecule has 0 saturated carbocycles. The topological polar surface area (TPSA) is 73.6 Å². The largest absolute Gasteiger partial charge is 0.497 e. The Labute approximate surface area is 187 Å². The molecule has 0 aliphatic carbocycles. The van der Waals surface area contributed by atoms with Crippen molar-refractivity contribution >= 4 is 16.8 Å². The maximum atomic E-state index is 13.0. The van der Waals surface area contributed by atoms with Gasteiger partial charge in [-0.3, -0.25) is 4.79 Å². The van der Waals surface area contributed by atoms with Crippen LogP contribution in [0, 0.1) is 0 Å². The number of ether oxygens (including phenoxy) is 2. The summed E-state index contributed by atoms with van der Waals surface area (Å²) >= 11 is 0. The van der Waals surface area contributed by atoms with E-state index in [0.717, 1.165) is 23.3 Å². The number of nitrogens with zero attached hydrogens (tertiary/aromatic N) is 2. The predicted molar refractivity (Wildman–Crippen MR) is 123 cm³/mol. The van der Waals surface area contributed by atoms with Crippen molar-refractivity contribution in [2.45, 2.75) is 26.0 Å². The van der Waals surface area contributed by atoms with Crippen LogP contribution in [0.4, 0.5) is 0 Å². The zero-order chi connectivity index (χ0) is 22.5. The van der Waals surface area contributed by atoms with Gasteiger partial charge in [0, 0.05) is 18.1 Å². The number of hydrogen-bond acceptors (Lipinski definition) is 5. The molecule has 0 saturated heterocycles. The highest BCUT2D eigenvalue weighted by atomic mass is 16.5. The normalized spacial score (nSPS) is 12.0. The van der Waals surface area contributed by atoms with Crippen LogP contribution in [0.1, 0.15) is 28.7 Å². The molecule has 1 atom stereocenters. The zero-order valence-electron chi connectivity index (χ0n) is 18.2. The van der Waals surface area contributed by atoms with E-state index in [1.165, 1.54) is 0 Å². The Kier molecular flexibility index (Phi) is 6.52. The molecule has 164 valence electrons. The van der Waals surface area contributed by atoms with Gasteiger partial charge in [0.15, 0.2) is 5.78 Å². The number of ketones is 1. The van der Waals surface area contributed by atoms with E-state index in [0.29, 0.717) is 29.2 Å². The van der Waals surface area contributed by atoms with Gasteiger partial charge in [0.1, 0.15) is 30.0 Å². The number of rotatable bonds is 9. The van der Waals surface area contributed by atoms with Crippen LogP contribution in [0.3, 0.4) is 0 Å². The van der Waals surface area contributed by atoms with Gasteiger partial charge in [-0.05, 0) is 24.3 Å². The van der Waals surface area contributed by atoms with E-state index in [1.807, 2.05) is 54.0 Å². The summed E-state index contributed by atoms with van der Waals surface area (Å²) in [7, 11) is 1.56. The lowest BCUT2D eigenvalue weighted by molar-refractivity contribution is 0.0902. The molecule has 0 aliphatic rings. The van der Waals surface area contributed by atoms with Crippen LogP contribution in [0.15, 0.2) is 72.8 Å². The second-order valence-corrected chi connectivity index (χ2v) is 7.50. The van der Waals surface area contributed by atoms with Gasteiger partial charge in [-0.25, -0.2) is 4.98 Å². The van der Waals surface area contributed by atoms with Crippen LogP contribution < -0.4 is 9.47 Å². The lowest BCUT2D eigenvalue weighted by Crippen LogP contribution is -2.25. The molecule has 4 rings (SSSR count). The Balaban J connectivity index is 1.54. The molecule has 32 heavy (non-hydrogen) atoms. The van der Waals surface area contributed by atoms with Crippen molar-refractivity contribution in [1.82, 2.24) is 9.55 Å². The average Bonchev–Trinajstić information content (AvgIpc) is 3.20. The third-order valence-corrected chi connectivity index (χ3v) is 5.34. The van der Waals surface area contributed by atoms with Crippen LogP contribution in [-0.4, -0.2) is 40.3 Å². The molecule has 0 amide bonds. The van der Waals surface area contributed by atoms with Gasteiger partial charge in [0.05, 0.1) is 30.3 Å². The fourth-order valence-corrected chi connectivity index (χ4v) is 3.73. The number of fused-ring (bicyclic) bond motifs is 1. The number of benzene rings is 3. The molecule has 0 radical (unpaired) electrons. The fraction of sp³-hybridized carbons (Fsp3) is 0.231. The van der Waals surface area contributed by atoms with E-state index in [9.17, 15) is 9.90 Å². The number of hydrogen-bond donors (Lipinski definition) is 1. The van der Waals surface area contributed by atoms with Crippen molar-refractivity contribution in [3.63, 3.8) is 0 Å². The lowest BCUT2D eigenvalue weighted by Gasteiger charge is -2.17. The number of para-hydroxylation sites is 2. The van der Waals surface area contributed by atoms with Crippen molar-refractivity contribution in [1.29, 1.82) is 0 Å². The molecule has 0 fully saturated rings. The number of aliphatic hydroxyl groups excluding tert-OH is 1. The molecule has 4 aromatic rings. The Morgan fingerprint density at radius 3 is 2.56 bits per heavy atom. The molecule has 6 nitrogen and oxygen atoms in total. The summed E-state index contributed by atoms with van der Waals surface area (Å²) in [6.45, 7) is 2.41. The summed E-state index contributed by atoms with van der Waals surface area (Å²) < 4.78 is 13.3. The Hall–Kier alpha value is -3.64. The smallest absolute Gasteiger partial charge is 0.196 e. The first kappa shape index (κ1) is 21.6. The second-order valence-electron chi connectivity index (χ2n) is 7.50. The number of methoxy groups -OCH3 is 1. The highest BCUT2D eigenvalue weighted by molar-refractivity contribution is 6.10. The summed E-state index contributed by atoms with van der Waals surface area (Å²) in [5, 5.41) is 10.7. The molecule has 1 heterocycles. The number of carbonyl (C=O) groups excluding carboxylic acids is 1. The van der Waals surface area contributed by atoms with E-state index >= 15 is 0 Å². The summed E-state index contributed by atoms with van der Waals surface area (Å²) in [6.07, 6.45) is -0.0304. The van der Waals surface area contributed by atoms with Crippen LogP contribution in [0.2, 0.25) is 0 Å². The Morgan fingerprint density at radius 1 is 1.06 bits per heavy atom. The van der Waals surface area contributed by atoms with E-state index in [4.69, 9.17) is 9.47 Å². The minimum Gasteiger partial charge on any atom is -0.497 e.